The van der Waals surface area contributed by atoms with Crippen molar-refractivity contribution in [2.75, 3.05) is 0 Å². The average molecular weight is 409 g/mol. The summed E-state index contributed by atoms with van der Waals surface area (Å²) >= 11 is 0. The summed E-state index contributed by atoms with van der Waals surface area (Å²) in [5, 5.41) is 0. The number of aryl methyl sites for hydroxylation is 1. The van der Waals surface area contributed by atoms with Crippen molar-refractivity contribution in [2.24, 2.45) is 0 Å². The maximum atomic E-state index is 12.4. The third-order valence-corrected chi connectivity index (χ3v) is 5.95. The second-order valence-electron chi connectivity index (χ2n) is 8.66. The Bertz CT molecular complexity index is 678. The molecule has 0 saturated heterocycles. The van der Waals surface area contributed by atoms with E-state index >= 15 is 0 Å². The fourth-order valence-electron chi connectivity index (χ4n) is 4.00. The molecule has 0 spiro atoms. The molecule has 0 saturated carbocycles. The van der Waals surface area contributed by atoms with Crippen molar-refractivity contribution in [2.45, 2.75) is 103 Å². The largest absolute Gasteiger partial charge is 0.287 e. The smallest absolute Gasteiger partial charge is 0.227 e. The van der Waals surface area contributed by atoms with Gasteiger partial charge in [-0.25, -0.2) is 0 Å². The summed E-state index contributed by atoms with van der Waals surface area (Å²) < 4.78 is 1.92. The minimum Gasteiger partial charge on any atom is -0.287 e. The Hall–Kier alpha value is -1.96. The van der Waals surface area contributed by atoms with Gasteiger partial charge in [0.15, 0.2) is 12.4 Å². The van der Waals surface area contributed by atoms with Crippen molar-refractivity contribution in [3.63, 3.8) is 0 Å². The molecule has 0 aliphatic heterocycles. The monoisotopic (exact) mass is 408 g/mol. The zero-order chi connectivity index (χ0) is 21.3. The highest BCUT2D eigenvalue weighted by Crippen LogP contribution is 2.14. The highest BCUT2D eigenvalue weighted by molar-refractivity contribution is 5.95. The molecule has 2 heteroatoms. The van der Waals surface area contributed by atoms with Crippen LogP contribution in [-0.2, 0) is 13.0 Å². The number of ketones is 1. The Morgan fingerprint density at radius 2 is 1.17 bits per heavy atom. The molecule has 0 N–H and O–H groups in total. The molecule has 0 radical (unpaired) electrons. The van der Waals surface area contributed by atoms with Gasteiger partial charge in [-0.15, -0.1) is 0 Å². The molecule has 0 aliphatic rings. The Labute approximate surface area is 184 Å². The first-order valence-corrected chi connectivity index (χ1v) is 12.4. The van der Waals surface area contributed by atoms with Gasteiger partial charge in [-0.1, -0.05) is 114 Å². The van der Waals surface area contributed by atoms with Crippen molar-refractivity contribution < 1.29 is 9.36 Å². The van der Waals surface area contributed by atoms with Crippen LogP contribution >= 0.6 is 0 Å². The van der Waals surface area contributed by atoms with Gasteiger partial charge in [-0.2, -0.15) is 4.57 Å². The van der Waals surface area contributed by atoms with Gasteiger partial charge in [0.25, 0.3) is 0 Å². The predicted octanol–water partition coefficient (Wildman–Crippen LogP) is 7.49. The fraction of sp³-hybridized carbons (Fsp3) is 0.571. The molecular weight excluding hydrogens is 366 g/mol. The summed E-state index contributed by atoms with van der Waals surface area (Å²) in [6, 6.07) is 14.1. The van der Waals surface area contributed by atoms with E-state index in [4.69, 9.17) is 0 Å². The van der Waals surface area contributed by atoms with Crippen molar-refractivity contribution in [3.05, 3.63) is 66.0 Å². The fourth-order valence-corrected chi connectivity index (χ4v) is 4.00. The zero-order valence-corrected chi connectivity index (χ0v) is 19.2. The number of aromatic nitrogens is 1. The van der Waals surface area contributed by atoms with Crippen LogP contribution < -0.4 is 4.57 Å². The average Bonchev–Trinajstić information content (AvgIpc) is 2.78. The van der Waals surface area contributed by atoms with E-state index in [2.05, 4.69) is 19.1 Å². The Balaban J connectivity index is 1.48. The molecule has 1 heterocycles. The summed E-state index contributed by atoms with van der Waals surface area (Å²) in [6.07, 6.45) is 23.1. The first-order chi connectivity index (χ1) is 14.8. The molecule has 30 heavy (non-hydrogen) atoms. The first-order valence-electron chi connectivity index (χ1n) is 12.4. The molecule has 2 nitrogen and oxygen atoms in total. The van der Waals surface area contributed by atoms with Crippen LogP contribution in [0, 0.1) is 0 Å². The van der Waals surface area contributed by atoms with Crippen LogP contribution in [0.25, 0.3) is 0 Å². The molecule has 0 amide bonds. The second kappa shape index (κ2) is 15.8. The Morgan fingerprint density at radius 3 is 1.70 bits per heavy atom. The van der Waals surface area contributed by atoms with Crippen molar-refractivity contribution in [1.29, 1.82) is 0 Å². The maximum absolute atomic E-state index is 12.4. The number of hydrogen-bond acceptors (Lipinski definition) is 1. The molecule has 1 aromatic carbocycles. The number of carbonyl (C=O) groups is 1. The van der Waals surface area contributed by atoms with E-state index in [1.54, 1.807) is 0 Å². The lowest BCUT2D eigenvalue weighted by Crippen LogP contribution is -2.36. The zero-order valence-electron chi connectivity index (χ0n) is 19.2. The molecule has 2 aromatic rings. The van der Waals surface area contributed by atoms with Crippen LogP contribution in [0.3, 0.4) is 0 Å². The number of carbonyl (C=O) groups excluding carboxylic acids is 1. The van der Waals surface area contributed by atoms with E-state index in [-0.39, 0.29) is 5.78 Å². The van der Waals surface area contributed by atoms with Gasteiger partial charge < -0.3 is 0 Å². The highest BCUT2D eigenvalue weighted by Gasteiger charge is 2.11. The molecule has 0 bridgehead atoms. The number of nitrogens with zero attached hydrogens (tertiary/aromatic N) is 1. The first kappa shape index (κ1) is 24.3. The summed E-state index contributed by atoms with van der Waals surface area (Å²) in [4.78, 5) is 12.4. The van der Waals surface area contributed by atoms with Gasteiger partial charge in [0.1, 0.15) is 0 Å². The van der Waals surface area contributed by atoms with Crippen molar-refractivity contribution in [1.82, 2.24) is 0 Å². The molecule has 0 atom stereocenters. The SMILES string of the molecule is CCCCCCCCCCCCCCCc1ccc(C(=O)C[n+]2ccccc2)cc1. The normalized spacial score (nSPS) is 11.0. The van der Waals surface area contributed by atoms with Crippen LogP contribution in [0.2, 0.25) is 0 Å². The number of hydrogen-bond donors (Lipinski definition) is 0. The third-order valence-electron chi connectivity index (χ3n) is 5.95. The second-order valence-corrected chi connectivity index (χ2v) is 8.66. The molecule has 164 valence electrons. The van der Waals surface area contributed by atoms with E-state index in [1.807, 2.05) is 47.3 Å². The van der Waals surface area contributed by atoms with Crippen LogP contribution in [0.4, 0.5) is 0 Å². The highest BCUT2D eigenvalue weighted by atomic mass is 16.1. The standard InChI is InChI=1S/C28H42NO/c1-2-3-4-5-6-7-8-9-10-11-12-13-15-18-26-19-21-27(22-20-26)28(30)25-29-23-16-14-17-24-29/h14,16-17,19-24H,2-13,15,18,25H2,1H3/q+1. The summed E-state index contributed by atoms with van der Waals surface area (Å²) in [7, 11) is 0. The lowest BCUT2D eigenvalue weighted by Gasteiger charge is -2.04. The van der Waals surface area contributed by atoms with E-state index in [0.29, 0.717) is 6.54 Å². The Morgan fingerprint density at radius 1 is 0.667 bits per heavy atom. The van der Waals surface area contributed by atoms with Gasteiger partial charge >= 0.3 is 0 Å². The molecule has 0 fully saturated rings. The van der Waals surface area contributed by atoms with E-state index in [9.17, 15) is 4.79 Å². The lowest BCUT2D eigenvalue weighted by molar-refractivity contribution is -0.683. The van der Waals surface area contributed by atoms with Crippen LogP contribution in [-0.4, -0.2) is 5.78 Å². The van der Waals surface area contributed by atoms with Gasteiger partial charge in [-0.05, 0) is 18.4 Å². The Kier molecular flexibility index (Phi) is 12.8. The number of unbranched alkanes of at least 4 members (excludes halogenated alkanes) is 12. The quantitative estimate of drug-likeness (QED) is 0.151. The number of benzene rings is 1. The summed E-state index contributed by atoms with van der Waals surface area (Å²) in [5.74, 6) is 0.165. The van der Waals surface area contributed by atoms with E-state index in [1.165, 1.54) is 89.0 Å². The van der Waals surface area contributed by atoms with Gasteiger partial charge in [0.2, 0.25) is 12.3 Å². The maximum Gasteiger partial charge on any atom is 0.227 e. The van der Waals surface area contributed by atoms with Crippen molar-refractivity contribution >= 4 is 5.78 Å². The van der Waals surface area contributed by atoms with Gasteiger partial charge in [0, 0.05) is 17.7 Å². The van der Waals surface area contributed by atoms with Crippen LogP contribution in [0.1, 0.15) is 106 Å². The van der Waals surface area contributed by atoms with Crippen LogP contribution in [0.5, 0.6) is 0 Å². The molecular formula is C28H42NO+. The minimum absolute atomic E-state index is 0.165. The topological polar surface area (TPSA) is 20.9 Å². The molecule has 2 rings (SSSR count). The number of rotatable bonds is 17. The van der Waals surface area contributed by atoms with Gasteiger partial charge in [0.05, 0.1) is 0 Å². The number of Topliss-reactive ketones (excluding diaryl/α,β-unsaturated/α-hetero) is 1. The van der Waals surface area contributed by atoms with Crippen LogP contribution in [0.15, 0.2) is 54.9 Å². The van der Waals surface area contributed by atoms with E-state index < -0.39 is 0 Å². The molecule has 0 aliphatic carbocycles. The van der Waals surface area contributed by atoms with Gasteiger partial charge in [-0.3, -0.25) is 4.79 Å². The summed E-state index contributed by atoms with van der Waals surface area (Å²) in [5.41, 5.74) is 2.16. The predicted molar refractivity (Wildman–Crippen MR) is 127 cm³/mol. The lowest BCUT2D eigenvalue weighted by atomic mass is 10.0. The molecule has 0 unspecified atom stereocenters. The molecule has 1 aromatic heterocycles. The minimum atomic E-state index is 0.165. The van der Waals surface area contributed by atoms with E-state index in [0.717, 1.165) is 12.0 Å². The third kappa shape index (κ3) is 10.7. The number of pyridine rings is 1. The summed E-state index contributed by atoms with van der Waals surface area (Å²) in [6.45, 7) is 2.68. The van der Waals surface area contributed by atoms with Crippen molar-refractivity contribution in [3.8, 4) is 0 Å².